The van der Waals surface area contributed by atoms with Gasteiger partial charge in [0, 0.05) is 5.56 Å². The molecule has 0 spiro atoms. The van der Waals surface area contributed by atoms with E-state index in [0.29, 0.717) is 0 Å². The molecule has 0 atom stereocenters. The van der Waals surface area contributed by atoms with Gasteiger partial charge in [-0.2, -0.15) is 0 Å². The summed E-state index contributed by atoms with van der Waals surface area (Å²) < 4.78 is 22.4. The highest BCUT2D eigenvalue weighted by molar-refractivity contribution is 7.89. The number of sulfonamides is 1. The lowest BCUT2D eigenvalue weighted by molar-refractivity contribution is -0.151. The molecule has 4 N–H and O–H groups in total. The summed E-state index contributed by atoms with van der Waals surface area (Å²) in [5.74, 6) is -7.18. The Hall–Kier alpha value is -2.26. The first-order chi connectivity index (χ1) is 9.05. The maximum Gasteiger partial charge on any atom is 0.325 e. The molecule has 0 aliphatic heterocycles. The molecule has 0 amide bonds. The molecule has 0 fully saturated rings. The molecular weight excluding hydrogens is 290 g/mol. The van der Waals surface area contributed by atoms with Crippen molar-refractivity contribution in [1.29, 1.82) is 0 Å². The van der Waals surface area contributed by atoms with Gasteiger partial charge in [0.15, 0.2) is 5.78 Å². The number of hydrogen-bond donors (Lipinski definition) is 3. The summed E-state index contributed by atoms with van der Waals surface area (Å²) in [4.78, 5) is 33.1. The van der Waals surface area contributed by atoms with Crippen LogP contribution in [-0.4, -0.2) is 36.4 Å². The highest BCUT2D eigenvalue weighted by atomic mass is 32.2. The SMILES string of the molecule is Cc1ccc(S(N)(=O)=O)cc1C(=O)C(C(=O)O)C(=O)O. The monoisotopic (exact) mass is 301 g/mol. The van der Waals surface area contributed by atoms with E-state index in [-0.39, 0.29) is 11.1 Å². The van der Waals surface area contributed by atoms with E-state index < -0.39 is 38.6 Å². The van der Waals surface area contributed by atoms with Crippen LogP contribution >= 0.6 is 0 Å². The van der Waals surface area contributed by atoms with Gasteiger partial charge >= 0.3 is 11.9 Å². The topological polar surface area (TPSA) is 152 Å². The van der Waals surface area contributed by atoms with Gasteiger partial charge in [0.25, 0.3) is 0 Å². The molecule has 0 saturated carbocycles. The third-order valence-corrected chi connectivity index (χ3v) is 3.47. The molecule has 1 rings (SSSR count). The molecule has 0 bridgehead atoms. The normalized spacial score (nSPS) is 11.3. The summed E-state index contributed by atoms with van der Waals surface area (Å²) in [5.41, 5.74) is -0.0683. The molecule has 0 aliphatic rings. The molecule has 0 radical (unpaired) electrons. The molecule has 0 aromatic heterocycles. The van der Waals surface area contributed by atoms with Gasteiger partial charge in [0.2, 0.25) is 15.9 Å². The minimum absolute atomic E-state index is 0.245. The summed E-state index contributed by atoms with van der Waals surface area (Å²) in [7, 11) is -4.09. The van der Waals surface area contributed by atoms with Crippen LogP contribution in [0.3, 0.4) is 0 Å². The van der Waals surface area contributed by atoms with E-state index >= 15 is 0 Å². The van der Waals surface area contributed by atoms with Crippen LogP contribution in [0.25, 0.3) is 0 Å². The van der Waals surface area contributed by atoms with Crippen LogP contribution in [0.4, 0.5) is 0 Å². The maximum atomic E-state index is 11.9. The largest absolute Gasteiger partial charge is 0.480 e. The number of carboxylic acids is 2. The van der Waals surface area contributed by atoms with Gasteiger partial charge in [-0.1, -0.05) is 6.07 Å². The molecule has 0 unspecified atom stereocenters. The van der Waals surface area contributed by atoms with Gasteiger partial charge in [-0.15, -0.1) is 0 Å². The molecule has 0 saturated heterocycles. The Bertz CT molecular complexity index is 679. The second-order valence-electron chi connectivity index (χ2n) is 4.00. The predicted octanol–water partition coefficient (Wildman–Crippen LogP) is -0.389. The number of carbonyl (C=O) groups excluding carboxylic acids is 1. The fraction of sp³-hybridized carbons (Fsp3) is 0.182. The number of aryl methyl sites for hydroxylation is 1. The molecule has 1 aromatic rings. The Morgan fingerprint density at radius 3 is 2.05 bits per heavy atom. The predicted molar refractivity (Wildman–Crippen MR) is 65.6 cm³/mol. The third kappa shape index (κ3) is 3.19. The first-order valence-electron chi connectivity index (χ1n) is 5.19. The first-order valence-corrected chi connectivity index (χ1v) is 6.73. The summed E-state index contributed by atoms with van der Waals surface area (Å²) in [5, 5.41) is 22.4. The number of primary sulfonamides is 1. The van der Waals surface area contributed by atoms with Crippen LogP contribution in [0.1, 0.15) is 15.9 Å². The van der Waals surface area contributed by atoms with E-state index in [1.807, 2.05) is 0 Å². The van der Waals surface area contributed by atoms with Crippen molar-refractivity contribution in [2.24, 2.45) is 11.1 Å². The van der Waals surface area contributed by atoms with Crippen molar-refractivity contribution in [2.45, 2.75) is 11.8 Å². The smallest absolute Gasteiger partial charge is 0.325 e. The van der Waals surface area contributed by atoms with Crippen molar-refractivity contribution in [2.75, 3.05) is 0 Å². The number of aliphatic carboxylic acids is 2. The van der Waals surface area contributed by atoms with Gasteiger partial charge in [-0.3, -0.25) is 14.4 Å². The summed E-state index contributed by atoms with van der Waals surface area (Å²) in [6.07, 6.45) is 0. The quantitative estimate of drug-likeness (QED) is 0.494. The number of carbonyl (C=O) groups is 3. The highest BCUT2D eigenvalue weighted by Gasteiger charge is 2.35. The summed E-state index contributed by atoms with van der Waals surface area (Å²) in [6.45, 7) is 1.42. The zero-order valence-corrected chi connectivity index (χ0v) is 11.0. The zero-order valence-electron chi connectivity index (χ0n) is 10.2. The number of rotatable bonds is 5. The first kappa shape index (κ1) is 15.8. The molecule has 0 heterocycles. The molecule has 108 valence electrons. The fourth-order valence-electron chi connectivity index (χ4n) is 1.53. The number of Topliss-reactive ketones (excluding diaryl/α,β-unsaturated/α-hetero) is 1. The van der Waals surface area contributed by atoms with Crippen molar-refractivity contribution >= 4 is 27.7 Å². The zero-order chi connectivity index (χ0) is 15.7. The highest BCUT2D eigenvalue weighted by Crippen LogP contribution is 2.18. The summed E-state index contributed by atoms with van der Waals surface area (Å²) >= 11 is 0. The molecule has 8 nitrogen and oxygen atoms in total. The van der Waals surface area contributed by atoms with Crippen LogP contribution in [-0.2, 0) is 19.6 Å². The lowest BCUT2D eigenvalue weighted by Crippen LogP contribution is -2.32. The Kier molecular flexibility index (Phi) is 4.26. The second-order valence-corrected chi connectivity index (χ2v) is 5.56. The van der Waals surface area contributed by atoms with Gasteiger partial charge in [-0.25, -0.2) is 13.6 Å². The fourth-order valence-corrected chi connectivity index (χ4v) is 2.07. The Balaban J connectivity index is 3.42. The lowest BCUT2D eigenvalue weighted by atomic mass is 9.94. The number of ketones is 1. The Morgan fingerprint density at radius 1 is 1.15 bits per heavy atom. The van der Waals surface area contributed by atoms with Gasteiger partial charge in [0.1, 0.15) is 0 Å². The van der Waals surface area contributed by atoms with Crippen LogP contribution in [0.2, 0.25) is 0 Å². The third-order valence-electron chi connectivity index (χ3n) is 2.56. The minimum atomic E-state index is -4.09. The van der Waals surface area contributed by atoms with E-state index in [2.05, 4.69) is 0 Å². The van der Waals surface area contributed by atoms with E-state index in [1.54, 1.807) is 0 Å². The van der Waals surface area contributed by atoms with Crippen LogP contribution in [0, 0.1) is 12.8 Å². The average Bonchev–Trinajstić information content (AvgIpc) is 2.26. The average molecular weight is 301 g/mol. The van der Waals surface area contributed by atoms with E-state index in [0.717, 1.165) is 12.1 Å². The second kappa shape index (κ2) is 5.39. The number of nitrogens with two attached hydrogens (primary N) is 1. The molecule has 20 heavy (non-hydrogen) atoms. The van der Waals surface area contributed by atoms with Gasteiger partial charge in [-0.05, 0) is 24.6 Å². The molecule has 0 aliphatic carbocycles. The molecule has 1 aromatic carbocycles. The maximum absolute atomic E-state index is 11.9. The number of hydrogen-bond acceptors (Lipinski definition) is 5. The molecular formula is C11H11NO7S. The Morgan fingerprint density at radius 2 is 1.65 bits per heavy atom. The Labute approximate surface area is 113 Å². The summed E-state index contributed by atoms with van der Waals surface area (Å²) in [6, 6.07) is 3.25. The van der Waals surface area contributed by atoms with E-state index in [4.69, 9.17) is 15.4 Å². The van der Waals surface area contributed by atoms with Crippen molar-refractivity contribution in [3.05, 3.63) is 29.3 Å². The minimum Gasteiger partial charge on any atom is -0.480 e. The number of benzene rings is 1. The van der Waals surface area contributed by atoms with Crippen LogP contribution < -0.4 is 5.14 Å². The standard InChI is InChI=1S/C11H11NO7S/c1-5-2-3-6(20(12,18)19)4-7(5)9(13)8(10(14)15)11(16)17/h2-4,8H,1H3,(H,14,15)(H,16,17)(H2,12,18,19). The van der Waals surface area contributed by atoms with Crippen molar-refractivity contribution in [3.63, 3.8) is 0 Å². The number of carboxylic acid groups (broad SMARTS) is 2. The van der Waals surface area contributed by atoms with Crippen molar-refractivity contribution in [1.82, 2.24) is 0 Å². The van der Waals surface area contributed by atoms with E-state index in [1.165, 1.54) is 13.0 Å². The van der Waals surface area contributed by atoms with E-state index in [9.17, 15) is 22.8 Å². The van der Waals surface area contributed by atoms with Crippen LogP contribution in [0.15, 0.2) is 23.1 Å². The van der Waals surface area contributed by atoms with Crippen molar-refractivity contribution < 1.29 is 33.0 Å². The van der Waals surface area contributed by atoms with Gasteiger partial charge in [0.05, 0.1) is 4.90 Å². The lowest BCUT2D eigenvalue weighted by Gasteiger charge is -2.10. The molecule has 9 heteroatoms. The van der Waals surface area contributed by atoms with Crippen molar-refractivity contribution in [3.8, 4) is 0 Å². The van der Waals surface area contributed by atoms with Gasteiger partial charge < -0.3 is 10.2 Å². The van der Waals surface area contributed by atoms with Crippen LogP contribution in [0.5, 0.6) is 0 Å².